The van der Waals surface area contributed by atoms with E-state index in [9.17, 15) is 13.2 Å². The highest BCUT2D eigenvalue weighted by Crippen LogP contribution is 2.30. The van der Waals surface area contributed by atoms with Crippen molar-refractivity contribution in [3.8, 4) is 11.3 Å². The zero-order valence-corrected chi connectivity index (χ0v) is 13.8. The van der Waals surface area contributed by atoms with E-state index in [2.05, 4.69) is 36.2 Å². The summed E-state index contributed by atoms with van der Waals surface area (Å²) in [5.74, 6) is 0. The van der Waals surface area contributed by atoms with Gasteiger partial charge in [0.05, 0.1) is 11.3 Å². The standard InChI is InChI=1S/C21H18F3N/c1-15-2-4-16(5-3-15)6-7-17-12-13-25-20(14-17)18-8-10-19(11-9-18)21(22,23)24/h2-5,8-14H,6-7H2,1H3. The van der Waals surface area contributed by atoms with Crippen molar-refractivity contribution in [3.63, 3.8) is 0 Å². The highest BCUT2D eigenvalue weighted by Gasteiger charge is 2.29. The summed E-state index contributed by atoms with van der Waals surface area (Å²) in [4.78, 5) is 4.29. The number of aryl methyl sites for hydroxylation is 3. The Bertz CT molecular complexity index is 834. The average molecular weight is 341 g/mol. The molecule has 128 valence electrons. The molecule has 0 bridgehead atoms. The molecule has 2 aromatic carbocycles. The molecule has 0 atom stereocenters. The van der Waals surface area contributed by atoms with E-state index < -0.39 is 11.7 Å². The van der Waals surface area contributed by atoms with E-state index in [0.717, 1.165) is 30.5 Å². The molecule has 0 unspecified atom stereocenters. The second-order valence-corrected chi connectivity index (χ2v) is 6.11. The third-order valence-electron chi connectivity index (χ3n) is 4.16. The Morgan fingerprint density at radius 1 is 0.800 bits per heavy atom. The normalized spacial score (nSPS) is 11.5. The zero-order valence-electron chi connectivity index (χ0n) is 13.8. The number of hydrogen-bond acceptors (Lipinski definition) is 1. The molecule has 1 aromatic heterocycles. The van der Waals surface area contributed by atoms with Crippen LogP contribution in [0.15, 0.2) is 66.9 Å². The summed E-state index contributed by atoms with van der Waals surface area (Å²) in [7, 11) is 0. The van der Waals surface area contributed by atoms with Crippen molar-refractivity contribution in [2.24, 2.45) is 0 Å². The van der Waals surface area contributed by atoms with Gasteiger partial charge < -0.3 is 0 Å². The number of halogens is 3. The van der Waals surface area contributed by atoms with Crippen LogP contribution in [0.1, 0.15) is 22.3 Å². The van der Waals surface area contributed by atoms with Crippen LogP contribution in [0.2, 0.25) is 0 Å². The van der Waals surface area contributed by atoms with Gasteiger partial charge in [-0.1, -0.05) is 42.0 Å². The molecule has 1 nitrogen and oxygen atoms in total. The van der Waals surface area contributed by atoms with E-state index in [1.165, 1.54) is 23.3 Å². The number of nitrogens with zero attached hydrogens (tertiary/aromatic N) is 1. The lowest BCUT2D eigenvalue weighted by Crippen LogP contribution is -2.04. The lowest BCUT2D eigenvalue weighted by atomic mass is 10.0. The molecule has 0 spiro atoms. The largest absolute Gasteiger partial charge is 0.416 e. The summed E-state index contributed by atoms with van der Waals surface area (Å²) in [6.07, 6.45) is -0.838. The summed E-state index contributed by atoms with van der Waals surface area (Å²) in [6.45, 7) is 2.06. The maximum atomic E-state index is 12.7. The molecule has 0 N–H and O–H groups in total. The van der Waals surface area contributed by atoms with E-state index in [1.807, 2.05) is 12.1 Å². The molecular formula is C21H18F3N. The van der Waals surface area contributed by atoms with Gasteiger partial charge in [-0.15, -0.1) is 0 Å². The van der Waals surface area contributed by atoms with Crippen molar-refractivity contribution >= 4 is 0 Å². The summed E-state index contributed by atoms with van der Waals surface area (Å²) in [6, 6.07) is 17.4. The molecule has 0 radical (unpaired) electrons. The summed E-state index contributed by atoms with van der Waals surface area (Å²) in [5.41, 5.74) is 4.34. The van der Waals surface area contributed by atoms with Crippen molar-refractivity contribution in [3.05, 3.63) is 89.1 Å². The first-order valence-electron chi connectivity index (χ1n) is 8.10. The van der Waals surface area contributed by atoms with Crippen molar-refractivity contribution in [2.45, 2.75) is 25.9 Å². The van der Waals surface area contributed by atoms with E-state index in [-0.39, 0.29) is 0 Å². The molecule has 25 heavy (non-hydrogen) atoms. The second kappa shape index (κ2) is 7.09. The Labute approximate surface area is 145 Å². The van der Waals surface area contributed by atoms with Crippen molar-refractivity contribution in [1.29, 1.82) is 0 Å². The minimum atomic E-state index is -4.32. The Morgan fingerprint density at radius 2 is 1.44 bits per heavy atom. The van der Waals surface area contributed by atoms with Crippen molar-refractivity contribution in [1.82, 2.24) is 4.98 Å². The molecule has 0 saturated heterocycles. The van der Waals surface area contributed by atoms with Crippen LogP contribution in [0.5, 0.6) is 0 Å². The Kier molecular flexibility index (Phi) is 4.88. The number of rotatable bonds is 4. The van der Waals surface area contributed by atoms with Crippen LogP contribution >= 0.6 is 0 Å². The molecule has 1 heterocycles. The topological polar surface area (TPSA) is 12.9 Å². The van der Waals surface area contributed by atoms with E-state index in [0.29, 0.717) is 11.3 Å². The Hall–Kier alpha value is -2.62. The van der Waals surface area contributed by atoms with Crippen LogP contribution in [0.3, 0.4) is 0 Å². The van der Waals surface area contributed by atoms with Gasteiger partial charge >= 0.3 is 6.18 Å². The van der Waals surface area contributed by atoms with E-state index >= 15 is 0 Å². The van der Waals surface area contributed by atoms with Crippen LogP contribution in [-0.4, -0.2) is 4.98 Å². The maximum absolute atomic E-state index is 12.7. The first kappa shape index (κ1) is 17.2. The van der Waals surface area contributed by atoms with Gasteiger partial charge in [0.2, 0.25) is 0 Å². The van der Waals surface area contributed by atoms with Crippen LogP contribution in [0.4, 0.5) is 13.2 Å². The van der Waals surface area contributed by atoms with Gasteiger partial charge in [0.1, 0.15) is 0 Å². The fraction of sp³-hybridized carbons (Fsp3) is 0.190. The minimum Gasteiger partial charge on any atom is -0.256 e. The molecule has 0 aliphatic heterocycles. The van der Waals surface area contributed by atoms with Crippen LogP contribution < -0.4 is 0 Å². The number of pyridine rings is 1. The SMILES string of the molecule is Cc1ccc(CCc2ccnc(-c3ccc(C(F)(F)F)cc3)c2)cc1. The molecule has 0 aliphatic carbocycles. The summed E-state index contributed by atoms with van der Waals surface area (Å²) in [5, 5.41) is 0. The van der Waals surface area contributed by atoms with Gasteiger partial charge in [-0.05, 0) is 55.2 Å². The van der Waals surface area contributed by atoms with Gasteiger partial charge in [0.15, 0.2) is 0 Å². The second-order valence-electron chi connectivity index (χ2n) is 6.11. The van der Waals surface area contributed by atoms with Crippen LogP contribution in [-0.2, 0) is 19.0 Å². The predicted molar refractivity (Wildman–Crippen MR) is 93.3 cm³/mol. The third kappa shape index (κ3) is 4.47. The Balaban J connectivity index is 1.73. The molecule has 0 fully saturated rings. The van der Waals surface area contributed by atoms with Gasteiger partial charge in [0, 0.05) is 11.8 Å². The Morgan fingerprint density at radius 3 is 2.08 bits per heavy atom. The monoisotopic (exact) mass is 341 g/mol. The highest BCUT2D eigenvalue weighted by atomic mass is 19.4. The quantitative estimate of drug-likeness (QED) is 0.579. The van der Waals surface area contributed by atoms with Crippen molar-refractivity contribution in [2.75, 3.05) is 0 Å². The molecule has 3 rings (SSSR count). The number of hydrogen-bond donors (Lipinski definition) is 0. The molecule has 0 amide bonds. The molecule has 0 aliphatic rings. The van der Waals surface area contributed by atoms with Gasteiger partial charge in [-0.2, -0.15) is 13.2 Å². The maximum Gasteiger partial charge on any atom is 0.416 e. The molecule has 0 saturated carbocycles. The zero-order chi connectivity index (χ0) is 17.9. The summed E-state index contributed by atoms with van der Waals surface area (Å²) < 4.78 is 38.0. The minimum absolute atomic E-state index is 0.647. The fourth-order valence-electron chi connectivity index (χ4n) is 2.66. The number of benzene rings is 2. The summed E-state index contributed by atoms with van der Waals surface area (Å²) >= 11 is 0. The molecule has 3 aromatic rings. The predicted octanol–water partition coefficient (Wildman–Crippen LogP) is 5.86. The molecule has 4 heteroatoms. The highest BCUT2D eigenvalue weighted by molar-refractivity contribution is 5.60. The number of aromatic nitrogens is 1. The lowest BCUT2D eigenvalue weighted by molar-refractivity contribution is -0.137. The molecular weight excluding hydrogens is 323 g/mol. The lowest BCUT2D eigenvalue weighted by Gasteiger charge is -2.08. The van der Waals surface area contributed by atoms with Crippen LogP contribution in [0.25, 0.3) is 11.3 Å². The average Bonchev–Trinajstić information content (AvgIpc) is 2.61. The van der Waals surface area contributed by atoms with Gasteiger partial charge in [-0.3, -0.25) is 4.98 Å². The third-order valence-corrected chi connectivity index (χ3v) is 4.16. The fourth-order valence-corrected chi connectivity index (χ4v) is 2.66. The van der Waals surface area contributed by atoms with Crippen molar-refractivity contribution < 1.29 is 13.2 Å². The smallest absolute Gasteiger partial charge is 0.256 e. The first-order valence-corrected chi connectivity index (χ1v) is 8.10. The van der Waals surface area contributed by atoms with E-state index in [4.69, 9.17) is 0 Å². The van der Waals surface area contributed by atoms with Gasteiger partial charge in [0.25, 0.3) is 0 Å². The van der Waals surface area contributed by atoms with Gasteiger partial charge in [-0.25, -0.2) is 0 Å². The van der Waals surface area contributed by atoms with E-state index in [1.54, 1.807) is 6.20 Å². The first-order chi connectivity index (χ1) is 11.9. The van der Waals surface area contributed by atoms with Crippen LogP contribution in [0, 0.1) is 6.92 Å². The number of alkyl halides is 3.